The third-order valence-corrected chi connectivity index (χ3v) is 6.75. The minimum absolute atomic E-state index is 0.207. The predicted molar refractivity (Wildman–Crippen MR) is 206 cm³/mol. The number of nitrogens with zero attached hydrogens (tertiary/aromatic N) is 2. The number of hydrogen-bond donors (Lipinski definition) is 1. The van der Waals surface area contributed by atoms with Crippen molar-refractivity contribution in [2.45, 2.75) is 141 Å². The van der Waals surface area contributed by atoms with Crippen LogP contribution < -0.4 is 5.73 Å². The smallest absolute Gasteiger partial charge is 0.145 e. The molecule has 0 amide bonds. The summed E-state index contributed by atoms with van der Waals surface area (Å²) in [6.07, 6.45) is 9.79. The molecule has 1 heterocycles. The highest BCUT2D eigenvalue weighted by molar-refractivity contribution is 8.07. The second-order valence-electron chi connectivity index (χ2n) is 9.85. The van der Waals surface area contributed by atoms with Gasteiger partial charge in [0.05, 0.1) is 31.5 Å². The fraction of sp³-hybridized carbons (Fsp3) is 0.641. The molecule has 260 valence electrons. The minimum atomic E-state index is -0.207. The largest absolute Gasteiger partial charge is 0.381 e. The summed E-state index contributed by atoms with van der Waals surface area (Å²) in [6.45, 7) is 34.9. The summed E-state index contributed by atoms with van der Waals surface area (Å²) in [7, 11) is 0. The summed E-state index contributed by atoms with van der Waals surface area (Å²) in [4.78, 5) is 6.69. The summed E-state index contributed by atoms with van der Waals surface area (Å²) >= 11 is 1.63. The molecule has 0 aromatic heterocycles. The molecular weight excluding hydrogens is 575 g/mol. The third kappa shape index (κ3) is 26.7. The van der Waals surface area contributed by atoms with Crippen molar-refractivity contribution in [3.05, 3.63) is 63.4 Å². The lowest BCUT2D eigenvalue weighted by Crippen LogP contribution is -2.32. The average Bonchev–Trinajstić information content (AvgIpc) is 3.03. The van der Waals surface area contributed by atoms with Gasteiger partial charge < -0.3 is 15.2 Å². The predicted octanol–water partition coefficient (Wildman–Crippen LogP) is 12.0. The second kappa shape index (κ2) is 36.3. The summed E-state index contributed by atoms with van der Waals surface area (Å²) < 4.78 is 11.0. The number of ether oxygens (including phenoxy) is 2. The zero-order chi connectivity index (χ0) is 35.6. The minimum Gasteiger partial charge on any atom is -0.381 e. The molecule has 0 bridgehead atoms. The molecule has 5 nitrogen and oxygen atoms in total. The number of aliphatic imine (C=N–C) groups is 1. The van der Waals surface area contributed by atoms with Crippen LogP contribution in [0.15, 0.2) is 57.3 Å². The first-order valence-electron chi connectivity index (χ1n) is 17.4. The normalized spacial score (nSPS) is 13.3. The van der Waals surface area contributed by atoms with Crippen LogP contribution in [-0.4, -0.2) is 38.3 Å². The fourth-order valence-corrected chi connectivity index (χ4v) is 4.39. The van der Waals surface area contributed by atoms with E-state index in [2.05, 4.69) is 58.3 Å². The maximum atomic E-state index is 9.02. The van der Waals surface area contributed by atoms with E-state index in [-0.39, 0.29) is 6.23 Å². The molecule has 0 aliphatic carbocycles. The molecule has 1 aliphatic rings. The van der Waals surface area contributed by atoms with Crippen LogP contribution in [0.1, 0.15) is 140 Å². The Bertz CT molecular complexity index is 936. The molecule has 2 rings (SSSR count). The molecule has 1 aromatic carbocycles. The van der Waals surface area contributed by atoms with Crippen molar-refractivity contribution in [2.75, 3.05) is 19.8 Å². The van der Waals surface area contributed by atoms with Gasteiger partial charge in [-0.2, -0.15) is 5.26 Å². The molecule has 1 saturated heterocycles. The van der Waals surface area contributed by atoms with Crippen LogP contribution in [0.2, 0.25) is 0 Å². The molecule has 1 aliphatic heterocycles. The Balaban J connectivity index is -0.000000413. The van der Waals surface area contributed by atoms with E-state index in [1.54, 1.807) is 11.8 Å². The molecular formula is C39H71N3O2S. The number of nitriles is 1. The standard InChI is InChI=1S/C23H28N2O2S.C7H17N.C3H8.3C2H6/c1-6-21(12-25-18(5)27-15-20-13-26-14-20)23(28-16(2)3)17(4)22-9-7-19(11-24)8-10-22;1-3-5-7(8)6-4-2;1-3-2;3*1-2/h6-10,12,18,20H,2,13-15H2,1,3-5H3;7H,3-6,8H2,1-2H3;3H2,1-2H3;3*1-2H3/b21-6+,23-17+,25-12-;;;;;. The van der Waals surface area contributed by atoms with E-state index in [4.69, 9.17) is 20.5 Å². The van der Waals surface area contributed by atoms with Crippen LogP contribution >= 0.6 is 11.8 Å². The summed E-state index contributed by atoms with van der Waals surface area (Å²) in [5.74, 6) is 0.492. The quantitative estimate of drug-likeness (QED) is 0.170. The fourth-order valence-electron chi connectivity index (χ4n) is 3.49. The van der Waals surface area contributed by atoms with Gasteiger partial charge >= 0.3 is 0 Å². The number of nitrogens with two attached hydrogens (primary N) is 1. The highest BCUT2D eigenvalue weighted by Gasteiger charge is 2.19. The van der Waals surface area contributed by atoms with Crippen LogP contribution in [-0.2, 0) is 9.47 Å². The first-order chi connectivity index (χ1) is 21.7. The Labute approximate surface area is 284 Å². The zero-order valence-corrected chi connectivity index (χ0v) is 32.6. The Morgan fingerprint density at radius 1 is 1.04 bits per heavy atom. The van der Waals surface area contributed by atoms with Crippen molar-refractivity contribution < 1.29 is 9.47 Å². The van der Waals surface area contributed by atoms with Crippen molar-refractivity contribution in [1.82, 2.24) is 0 Å². The number of allylic oxidation sites excluding steroid dienone is 4. The van der Waals surface area contributed by atoms with E-state index in [0.717, 1.165) is 39.7 Å². The van der Waals surface area contributed by atoms with Gasteiger partial charge in [0.1, 0.15) is 6.23 Å². The van der Waals surface area contributed by atoms with E-state index in [9.17, 15) is 0 Å². The van der Waals surface area contributed by atoms with Crippen molar-refractivity contribution in [3.8, 4) is 6.07 Å². The first-order valence-corrected chi connectivity index (χ1v) is 18.2. The van der Waals surface area contributed by atoms with Gasteiger partial charge in [-0.05, 0) is 68.7 Å². The molecule has 0 spiro atoms. The highest BCUT2D eigenvalue weighted by atomic mass is 32.2. The third-order valence-electron chi connectivity index (χ3n) is 5.66. The van der Waals surface area contributed by atoms with Crippen molar-refractivity contribution in [1.29, 1.82) is 5.26 Å². The van der Waals surface area contributed by atoms with Gasteiger partial charge in [0.25, 0.3) is 0 Å². The van der Waals surface area contributed by atoms with Crippen LogP contribution in [0.4, 0.5) is 0 Å². The molecule has 2 N–H and O–H groups in total. The van der Waals surface area contributed by atoms with Crippen LogP contribution in [0, 0.1) is 17.2 Å². The van der Waals surface area contributed by atoms with Crippen LogP contribution in [0.3, 0.4) is 0 Å². The van der Waals surface area contributed by atoms with E-state index >= 15 is 0 Å². The Morgan fingerprint density at radius 3 is 1.89 bits per heavy atom. The molecule has 1 aromatic rings. The zero-order valence-electron chi connectivity index (χ0n) is 31.8. The first kappa shape index (κ1) is 49.7. The van der Waals surface area contributed by atoms with Gasteiger partial charge in [-0.3, -0.25) is 4.99 Å². The van der Waals surface area contributed by atoms with Gasteiger partial charge in [0.15, 0.2) is 0 Å². The van der Waals surface area contributed by atoms with Gasteiger partial charge in [-0.25, -0.2) is 0 Å². The Morgan fingerprint density at radius 2 is 1.53 bits per heavy atom. The molecule has 0 saturated carbocycles. The molecule has 1 fully saturated rings. The summed E-state index contributed by atoms with van der Waals surface area (Å²) in [5, 5.41) is 9.02. The van der Waals surface area contributed by atoms with Crippen molar-refractivity contribution >= 4 is 23.5 Å². The van der Waals surface area contributed by atoms with Gasteiger partial charge in [-0.1, -0.05) is 125 Å². The number of benzene rings is 1. The Hall–Kier alpha value is -2.17. The van der Waals surface area contributed by atoms with Crippen LogP contribution in [0.25, 0.3) is 5.57 Å². The monoisotopic (exact) mass is 646 g/mol. The van der Waals surface area contributed by atoms with Crippen molar-refractivity contribution in [2.24, 2.45) is 16.6 Å². The molecule has 1 unspecified atom stereocenters. The summed E-state index contributed by atoms with van der Waals surface area (Å²) in [5.41, 5.74) is 9.57. The number of thioether (sulfide) groups is 1. The molecule has 6 heteroatoms. The van der Waals surface area contributed by atoms with E-state index in [1.807, 2.05) is 92.8 Å². The van der Waals surface area contributed by atoms with Crippen molar-refractivity contribution in [3.63, 3.8) is 0 Å². The van der Waals surface area contributed by atoms with E-state index < -0.39 is 0 Å². The van der Waals surface area contributed by atoms with Crippen LogP contribution in [0.5, 0.6) is 0 Å². The van der Waals surface area contributed by atoms with Gasteiger partial charge in [-0.15, -0.1) is 0 Å². The SMILES string of the molecule is C=C(C)SC(/C(/C=N\C(C)OCC1COC1)=C/C)=C(\C)c1ccc(C#N)cc1.CC.CC.CC.CCC.CCCC(N)CCC. The van der Waals surface area contributed by atoms with E-state index in [0.29, 0.717) is 24.1 Å². The van der Waals surface area contributed by atoms with Gasteiger partial charge in [0.2, 0.25) is 0 Å². The number of rotatable bonds is 13. The van der Waals surface area contributed by atoms with E-state index in [1.165, 1.54) is 32.1 Å². The lowest BCUT2D eigenvalue weighted by molar-refractivity contribution is -0.0829. The second-order valence-corrected chi connectivity index (χ2v) is 11.2. The lowest BCUT2D eigenvalue weighted by Gasteiger charge is -2.26. The molecule has 1 atom stereocenters. The maximum Gasteiger partial charge on any atom is 0.145 e. The topological polar surface area (TPSA) is 80.6 Å². The highest BCUT2D eigenvalue weighted by Crippen LogP contribution is 2.36. The maximum absolute atomic E-state index is 9.02. The number of hydrogen-bond acceptors (Lipinski definition) is 6. The molecule has 0 radical (unpaired) electrons. The summed E-state index contributed by atoms with van der Waals surface area (Å²) in [6, 6.07) is 10.3. The molecule has 45 heavy (non-hydrogen) atoms. The average molecular weight is 646 g/mol. The lowest BCUT2D eigenvalue weighted by atomic mass is 10.0. The van der Waals surface area contributed by atoms with Gasteiger partial charge in [0, 0.05) is 28.7 Å². The Kier molecular flexibility index (Phi) is 40.1.